The Bertz CT molecular complexity index is 1150. The number of nitrogens with two attached hydrogens (primary N) is 1. The molecule has 0 aliphatic carbocycles. The number of nitrogens with one attached hydrogen (secondary N) is 2. The molecular formula is C29H39N5O4S. The second kappa shape index (κ2) is 14.7. The lowest BCUT2D eigenvalue weighted by Crippen LogP contribution is -2.59. The molecule has 0 aliphatic rings. The van der Waals surface area contributed by atoms with Crippen molar-refractivity contribution in [1.82, 2.24) is 20.5 Å². The number of thiazole rings is 1. The van der Waals surface area contributed by atoms with Crippen LogP contribution in [0, 0.1) is 5.92 Å². The first-order chi connectivity index (χ1) is 18.7. The van der Waals surface area contributed by atoms with Crippen LogP contribution in [0.4, 0.5) is 4.79 Å². The van der Waals surface area contributed by atoms with E-state index < -0.39 is 42.3 Å². The Morgan fingerprint density at radius 3 is 2.08 bits per heavy atom. The van der Waals surface area contributed by atoms with Gasteiger partial charge in [0.05, 0.1) is 29.9 Å². The summed E-state index contributed by atoms with van der Waals surface area (Å²) in [7, 11) is 1.64. The molecule has 5 atom stereocenters. The number of aliphatic hydroxyl groups excluding tert-OH is 2. The van der Waals surface area contributed by atoms with Crippen LogP contribution in [0.3, 0.4) is 0 Å². The third-order valence-electron chi connectivity index (χ3n) is 6.60. The molecule has 0 spiro atoms. The van der Waals surface area contributed by atoms with Gasteiger partial charge in [-0.25, -0.2) is 9.78 Å². The molecule has 6 N–H and O–H groups in total. The molecule has 210 valence electrons. The van der Waals surface area contributed by atoms with Gasteiger partial charge >= 0.3 is 6.03 Å². The third kappa shape index (κ3) is 9.14. The molecule has 10 heteroatoms. The number of nitrogens with zero attached hydrogens (tertiary/aromatic N) is 2. The van der Waals surface area contributed by atoms with Gasteiger partial charge in [0, 0.05) is 18.5 Å². The van der Waals surface area contributed by atoms with Crippen molar-refractivity contribution in [3.05, 3.63) is 88.4 Å². The molecule has 1 heterocycles. The number of benzene rings is 2. The molecule has 0 radical (unpaired) electrons. The lowest BCUT2D eigenvalue weighted by Gasteiger charge is -2.33. The number of amides is 3. The van der Waals surface area contributed by atoms with E-state index in [9.17, 15) is 19.8 Å². The van der Waals surface area contributed by atoms with Crippen molar-refractivity contribution >= 4 is 23.3 Å². The van der Waals surface area contributed by atoms with Crippen molar-refractivity contribution in [2.24, 2.45) is 11.7 Å². The molecule has 0 saturated heterocycles. The topological polar surface area (TPSA) is 141 Å². The van der Waals surface area contributed by atoms with Gasteiger partial charge in [0.2, 0.25) is 5.91 Å². The van der Waals surface area contributed by atoms with E-state index in [1.54, 1.807) is 12.6 Å². The fraction of sp³-hybridized carbons (Fsp3) is 0.414. The van der Waals surface area contributed by atoms with Gasteiger partial charge in [-0.1, -0.05) is 74.5 Å². The van der Waals surface area contributed by atoms with E-state index in [0.717, 1.165) is 16.8 Å². The summed E-state index contributed by atoms with van der Waals surface area (Å²) >= 11 is 1.44. The minimum Gasteiger partial charge on any atom is -0.389 e. The van der Waals surface area contributed by atoms with Gasteiger partial charge in [0.1, 0.15) is 12.1 Å². The van der Waals surface area contributed by atoms with Gasteiger partial charge in [-0.15, -0.1) is 11.3 Å². The van der Waals surface area contributed by atoms with Gasteiger partial charge in [-0.3, -0.25) is 4.79 Å². The van der Waals surface area contributed by atoms with Crippen molar-refractivity contribution in [1.29, 1.82) is 0 Å². The van der Waals surface area contributed by atoms with Crippen molar-refractivity contribution in [2.75, 3.05) is 7.05 Å². The largest absolute Gasteiger partial charge is 0.389 e. The minimum absolute atomic E-state index is 0.235. The Labute approximate surface area is 234 Å². The average molecular weight is 554 g/mol. The Morgan fingerprint density at radius 1 is 0.949 bits per heavy atom. The van der Waals surface area contributed by atoms with E-state index in [0.29, 0.717) is 13.0 Å². The van der Waals surface area contributed by atoms with Crippen LogP contribution >= 0.6 is 11.3 Å². The third-order valence-corrected chi connectivity index (χ3v) is 7.23. The Hall–Kier alpha value is -3.31. The monoisotopic (exact) mass is 553 g/mol. The molecule has 1 aromatic heterocycles. The molecule has 3 amide bonds. The number of urea groups is 1. The van der Waals surface area contributed by atoms with Crippen LogP contribution < -0.4 is 16.4 Å². The van der Waals surface area contributed by atoms with Gasteiger partial charge < -0.3 is 31.5 Å². The summed E-state index contributed by atoms with van der Waals surface area (Å²) in [5.74, 6) is -0.689. The zero-order valence-corrected chi connectivity index (χ0v) is 23.4. The Morgan fingerprint density at radius 2 is 1.54 bits per heavy atom. The highest BCUT2D eigenvalue weighted by Crippen LogP contribution is 2.15. The molecule has 0 bridgehead atoms. The molecule has 2 aromatic carbocycles. The number of aromatic nitrogens is 1. The van der Waals surface area contributed by atoms with E-state index in [2.05, 4.69) is 15.6 Å². The fourth-order valence-electron chi connectivity index (χ4n) is 4.30. The second-order valence-electron chi connectivity index (χ2n) is 10.1. The van der Waals surface area contributed by atoms with Crippen LogP contribution in [-0.2, 0) is 24.2 Å². The number of hydrogen-bond acceptors (Lipinski definition) is 7. The zero-order chi connectivity index (χ0) is 28.4. The van der Waals surface area contributed by atoms with E-state index in [4.69, 9.17) is 5.73 Å². The molecule has 3 rings (SSSR count). The molecular weight excluding hydrogens is 514 g/mol. The zero-order valence-electron chi connectivity index (χ0n) is 22.6. The van der Waals surface area contributed by atoms with Crippen LogP contribution in [-0.4, -0.2) is 69.4 Å². The summed E-state index contributed by atoms with van der Waals surface area (Å²) in [5, 5.41) is 29.8. The fourth-order valence-corrected chi connectivity index (χ4v) is 4.85. The number of hydrogen-bond donors (Lipinski definition) is 5. The molecule has 9 nitrogen and oxygen atoms in total. The number of carbonyl (C=O) groups is 2. The molecule has 0 aliphatic heterocycles. The van der Waals surface area contributed by atoms with Crippen LogP contribution in [0.1, 0.15) is 30.7 Å². The highest BCUT2D eigenvalue weighted by molar-refractivity contribution is 7.07. The smallest absolute Gasteiger partial charge is 0.318 e. The first-order valence-electron chi connectivity index (χ1n) is 13.0. The Kier molecular flexibility index (Phi) is 11.4. The van der Waals surface area contributed by atoms with E-state index in [1.807, 2.05) is 79.9 Å². The Balaban J connectivity index is 1.72. The lowest BCUT2D eigenvalue weighted by atomic mass is 9.91. The van der Waals surface area contributed by atoms with E-state index in [1.165, 1.54) is 16.2 Å². The first-order valence-corrected chi connectivity index (χ1v) is 14.0. The van der Waals surface area contributed by atoms with E-state index >= 15 is 0 Å². The number of carbonyl (C=O) groups excluding carboxylic acids is 2. The van der Waals surface area contributed by atoms with Crippen molar-refractivity contribution in [3.63, 3.8) is 0 Å². The van der Waals surface area contributed by atoms with Crippen molar-refractivity contribution in [2.45, 2.75) is 63.6 Å². The quantitative estimate of drug-likeness (QED) is 0.220. The predicted octanol–water partition coefficient (Wildman–Crippen LogP) is 2.33. The molecule has 39 heavy (non-hydrogen) atoms. The highest BCUT2D eigenvalue weighted by Gasteiger charge is 2.34. The normalized spacial score (nSPS) is 15.2. The predicted molar refractivity (Wildman–Crippen MR) is 153 cm³/mol. The van der Waals surface area contributed by atoms with Gasteiger partial charge in [-0.2, -0.15) is 0 Å². The second-order valence-corrected chi connectivity index (χ2v) is 10.9. The maximum atomic E-state index is 13.5. The summed E-state index contributed by atoms with van der Waals surface area (Å²) < 4.78 is 0. The standard InChI is InChI=1S/C29H39N5O4S/c1-19(2)25(33-29(38)34(3)16-22-17-39-18-31-22)28(37)32-24(15-21-12-8-5-9-13-21)27(36)26(35)23(30)14-20-10-6-4-7-11-20/h4-13,17-19,23-27,35-36H,14-16,30H2,1-3H3,(H,32,37)(H,33,38)/t23-,24-,25-,26-,27-/m0/s1. The summed E-state index contributed by atoms with van der Waals surface area (Å²) in [5.41, 5.74) is 10.6. The van der Waals surface area contributed by atoms with Crippen LogP contribution in [0.15, 0.2) is 71.6 Å². The molecule has 3 aromatic rings. The van der Waals surface area contributed by atoms with Gasteiger partial charge in [-0.05, 0) is 29.9 Å². The maximum absolute atomic E-state index is 13.5. The summed E-state index contributed by atoms with van der Waals surface area (Å²) in [6.07, 6.45) is -2.01. The summed E-state index contributed by atoms with van der Waals surface area (Å²) in [4.78, 5) is 32.0. The summed E-state index contributed by atoms with van der Waals surface area (Å²) in [6.45, 7) is 3.97. The van der Waals surface area contributed by atoms with Gasteiger partial charge in [0.15, 0.2) is 0 Å². The number of aliphatic hydroxyl groups is 2. The van der Waals surface area contributed by atoms with Crippen LogP contribution in [0.25, 0.3) is 0 Å². The minimum atomic E-state index is -1.34. The summed E-state index contributed by atoms with van der Waals surface area (Å²) in [6, 6.07) is 16.0. The van der Waals surface area contributed by atoms with Crippen molar-refractivity contribution in [3.8, 4) is 0 Å². The highest BCUT2D eigenvalue weighted by atomic mass is 32.1. The molecule has 0 saturated carbocycles. The van der Waals surface area contributed by atoms with Crippen LogP contribution in [0.2, 0.25) is 0 Å². The van der Waals surface area contributed by atoms with E-state index in [-0.39, 0.29) is 12.3 Å². The van der Waals surface area contributed by atoms with Crippen LogP contribution in [0.5, 0.6) is 0 Å². The van der Waals surface area contributed by atoms with Crippen molar-refractivity contribution < 1.29 is 19.8 Å². The first kappa shape index (κ1) is 30.2. The SMILES string of the molecule is CC(C)[C@H](NC(=O)N(C)Cc1cscn1)C(=O)N[C@@H](Cc1ccccc1)[C@H](O)[C@@H](O)[C@@H](N)Cc1ccccc1. The number of rotatable bonds is 13. The molecule has 0 fully saturated rings. The lowest BCUT2D eigenvalue weighted by molar-refractivity contribution is -0.126. The average Bonchev–Trinajstić information content (AvgIpc) is 3.44. The molecule has 0 unspecified atom stereocenters. The van der Waals surface area contributed by atoms with Gasteiger partial charge in [0.25, 0.3) is 0 Å². The maximum Gasteiger partial charge on any atom is 0.318 e.